The molecule has 14 heteroatoms. The highest BCUT2D eigenvalue weighted by atomic mass is 16.6. The molecule has 198 valence electrons. The first-order valence-corrected chi connectivity index (χ1v) is 11.0. The first kappa shape index (κ1) is 28.6. The standard InChI is InChI=1S/C23H24N2O12/c1-13-5-4-6-20(26)35-14(2)9-22(28)36-15(3)19(7-8-21(27)34-13)37-23(29)16-10-17(24(30)31)12-18(11-16)25(32)33/h4,6-8,10-15,19H,5,9H2,1-3H3/b6-4+,8-7+/t13-,14+,15-,19+/m0/s1. The highest BCUT2D eigenvalue weighted by molar-refractivity contribution is 5.91. The van der Waals surface area contributed by atoms with Crippen LogP contribution in [0.1, 0.15) is 44.0 Å². The van der Waals surface area contributed by atoms with E-state index in [1.54, 1.807) is 6.92 Å². The molecule has 37 heavy (non-hydrogen) atoms. The monoisotopic (exact) mass is 520 g/mol. The second kappa shape index (κ2) is 12.9. The van der Waals surface area contributed by atoms with Gasteiger partial charge in [-0.25, -0.2) is 14.4 Å². The zero-order chi connectivity index (χ0) is 27.7. The van der Waals surface area contributed by atoms with Crippen molar-refractivity contribution in [2.75, 3.05) is 0 Å². The van der Waals surface area contributed by atoms with Crippen LogP contribution in [-0.2, 0) is 33.3 Å². The summed E-state index contributed by atoms with van der Waals surface area (Å²) in [7, 11) is 0. The predicted molar refractivity (Wildman–Crippen MR) is 123 cm³/mol. The van der Waals surface area contributed by atoms with Crippen LogP contribution in [0.15, 0.2) is 42.5 Å². The Balaban J connectivity index is 2.34. The Kier molecular flexibility index (Phi) is 9.98. The van der Waals surface area contributed by atoms with Crippen molar-refractivity contribution in [3.8, 4) is 0 Å². The van der Waals surface area contributed by atoms with E-state index < -0.39 is 75.1 Å². The van der Waals surface area contributed by atoms with E-state index in [9.17, 15) is 39.4 Å². The number of non-ortho nitro benzene ring substituents is 2. The molecule has 1 aromatic rings. The summed E-state index contributed by atoms with van der Waals surface area (Å²) < 4.78 is 20.8. The van der Waals surface area contributed by atoms with Crippen molar-refractivity contribution in [2.45, 2.75) is 58.0 Å². The largest absolute Gasteiger partial charge is 0.459 e. The number of carbonyl (C=O) groups excluding carboxylic acids is 4. The molecule has 0 fully saturated rings. The van der Waals surface area contributed by atoms with Gasteiger partial charge in [-0.15, -0.1) is 0 Å². The Morgan fingerprint density at radius 3 is 2.05 bits per heavy atom. The summed E-state index contributed by atoms with van der Waals surface area (Å²) >= 11 is 0. The molecule has 0 saturated heterocycles. The van der Waals surface area contributed by atoms with Gasteiger partial charge in [-0.2, -0.15) is 0 Å². The SMILES string of the molecule is C[C@@H]1CC(=O)O[C@@H](C)[C@H](OC(=O)c2cc([N+](=O)[O-])cc([N+](=O)[O-])c2)/C=C/C(=O)O[C@@H](C)C/C=C/C(=O)O1. The number of nitro groups is 2. The van der Waals surface area contributed by atoms with Crippen molar-refractivity contribution in [1.29, 1.82) is 0 Å². The molecule has 0 aromatic heterocycles. The number of benzene rings is 1. The Morgan fingerprint density at radius 2 is 1.46 bits per heavy atom. The number of nitrogens with zero attached hydrogens (tertiary/aromatic N) is 2. The lowest BCUT2D eigenvalue weighted by Crippen LogP contribution is -2.33. The molecule has 1 aromatic carbocycles. The molecule has 0 amide bonds. The topological polar surface area (TPSA) is 191 Å². The third kappa shape index (κ3) is 9.16. The van der Waals surface area contributed by atoms with E-state index in [0.29, 0.717) is 6.07 Å². The van der Waals surface area contributed by atoms with E-state index in [1.807, 2.05) is 0 Å². The van der Waals surface area contributed by atoms with E-state index >= 15 is 0 Å². The van der Waals surface area contributed by atoms with Gasteiger partial charge in [0.15, 0.2) is 6.10 Å². The van der Waals surface area contributed by atoms with Gasteiger partial charge in [-0.05, 0) is 26.8 Å². The molecule has 0 spiro atoms. The van der Waals surface area contributed by atoms with Gasteiger partial charge in [0.1, 0.15) is 18.3 Å². The number of cyclic esters (lactones) is 3. The van der Waals surface area contributed by atoms with Crippen LogP contribution in [0, 0.1) is 20.2 Å². The second-order valence-corrected chi connectivity index (χ2v) is 8.01. The third-order valence-electron chi connectivity index (χ3n) is 4.82. The quantitative estimate of drug-likeness (QED) is 0.244. The van der Waals surface area contributed by atoms with Crippen molar-refractivity contribution in [2.24, 2.45) is 0 Å². The predicted octanol–water partition coefficient (Wildman–Crippen LogP) is 2.73. The van der Waals surface area contributed by atoms with E-state index in [2.05, 4.69) is 0 Å². The molecule has 0 unspecified atom stereocenters. The van der Waals surface area contributed by atoms with Crippen LogP contribution in [0.4, 0.5) is 11.4 Å². The zero-order valence-electron chi connectivity index (χ0n) is 20.1. The van der Waals surface area contributed by atoms with E-state index in [4.69, 9.17) is 18.9 Å². The summed E-state index contributed by atoms with van der Waals surface area (Å²) in [5, 5.41) is 22.3. The molecule has 1 aliphatic rings. The molecule has 0 radical (unpaired) electrons. The number of nitro benzene ring substituents is 2. The van der Waals surface area contributed by atoms with Crippen molar-refractivity contribution >= 4 is 35.3 Å². The van der Waals surface area contributed by atoms with E-state index in [1.165, 1.54) is 19.9 Å². The van der Waals surface area contributed by atoms with Gasteiger partial charge in [0.2, 0.25) is 0 Å². The van der Waals surface area contributed by atoms with Gasteiger partial charge in [-0.1, -0.05) is 6.08 Å². The summed E-state index contributed by atoms with van der Waals surface area (Å²) in [6, 6.07) is 2.24. The van der Waals surface area contributed by atoms with Crippen LogP contribution >= 0.6 is 0 Å². The summed E-state index contributed by atoms with van der Waals surface area (Å²) in [5.41, 5.74) is -1.95. The van der Waals surface area contributed by atoms with Gasteiger partial charge < -0.3 is 18.9 Å². The van der Waals surface area contributed by atoms with Crippen LogP contribution < -0.4 is 0 Å². The second-order valence-electron chi connectivity index (χ2n) is 8.01. The van der Waals surface area contributed by atoms with Crippen LogP contribution in [0.5, 0.6) is 0 Å². The maximum absolute atomic E-state index is 12.7. The minimum Gasteiger partial charge on any atom is -0.459 e. The fourth-order valence-corrected chi connectivity index (χ4v) is 3.06. The van der Waals surface area contributed by atoms with Gasteiger partial charge >= 0.3 is 23.9 Å². The molecule has 1 heterocycles. The van der Waals surface area contributed by atoms with Gasteiger partial charge in [0, 0.05) is 30.7 Å². The smallest absolute Gasteiger partial charge is 0.339 e. The molecule has 0 bridgehead atoms. The van der Waals surface area contributed by atoms with Crippen molar-refractivity contribution in [3.63, 3.8) is 0 Å². The number of ether oxygens (including phenoxy) is 4. The molecule has 2 rings (SSSR count). The summed E-state index contributed by atoms with van der Waals surface area (Å²) in [4.78, 5) is 69.5. The lowest BCUT2D eigenvalue weighted by atomic mass is 10.1. The lowest BCUT2D eigenvalue weighted by molar-refractivity contribution is -0.394. The average Bonchev–Trinajstić information content (AvgIpc) is 2.80. The van der Waals surface area contributed by atoms with Crippen LogP contribution in [0.3, 0.4) is 0 Å². The molecule has 0 N–H and O–H groups in total. The highest BCUT2D eigenvalue weighted by Gasteiger charge is 2.27. The molecule has 0 aliphatic carbocycles. The third-order valence-corrected chi connectivity index (χ3v) is 4.82. The number of rotatable bonds is 4. The zero-order valence-corrected chi connectivity index (χ0v) is 20.1. The van der Waals surface area contributed by atoms with Crippen LogP contribution in [0.25, 0.3) is 0 Å². The van der Waals surface area contributed by atoms with E-state index in [-0.39, 0.29) is 12.8 Å². The molecule has 0 saturated carbocycles. The molecule has 14 nitrogen and oxygen atoms in total. The van der Waals surface area contributed by atoms with Gasteiger partial charge in [0.05, 0.1) is 27.9 Å². The minimum absolute atomic E-state index is 0.186. The number of hydrogen-bond donors (Lipinski definition) is 0. The Hall–Kier alpha value is -4.62. The first-order valence-electron chi connectivity index (χ1n) is 11.0. The van der Waals surface area contributed by atoms with Gasteiger partial charge in [-0.3, -0.25) is 25.0 Å². The number of carbonyl (C=O) groups is 4. The highest BCUT2D eigenvalue weighted by Crippen LogP contribution is 2.24. The minimum atomic E-state index is -1.40. The average molecular weight is 520 g/mol. The Morgan fingerprint density at radius 1 is 0.892 bits per heavy atom. The first-order chi connectivity index (χ1) is 17.3. The summed E-state index contributed by atoms with van der Waals surface area (Å²) in [6.45, 7) is 4.38. The van der Waals surface area contributed by atoms with Crippen molar-refractivity contribution in [1.82, 2.24) is 0 Å². The van der Waals surface area contributed by atoms with Crippen LogP contribution in [-0.4, -0.2) is 58.1 Å². The van der Waals surface area contributed by atoms with Crippen LogP contribution in [0.2, 0.25) is 0 Å². The molecular formula is C23H24N2O12. The lowest BCUT2D eigenvalue weighted by Gasteiger charge is -2.22. The fraction of sp³-hybridized carbons (Fsp3) is 0.391. The maximum Gasteiger partial charge on any atom is 0.339 e. The van der Waals surface area contributed by atoms with Crippen molar-refractivity contribution in [3.05, 3.63) is 68.3 Å². The fourth-order valence-electron chi connectivity index (χ4n) is 3.06. The summed E-state index contributed by atoms with van der Waals surface area (Å²) in [6.07, 6.45) is 0.384. The molecule has 1 aliphatic heterocycles. The normalized spacial score (nSPS) is 25.1. The summed E-state index contributed by atoms with van der Waals surface area (Å²) in [5.74, 6) is -3.58. The molecule has 4 atom stereocenters. The Labute approximate surface area is 210 Å². The number of hydrogen-bond acceptors (Lipinski definition) is 12. The maximum atomic E-state index is 12.7. The van der Waals surface area contributed by atoms with Gasteiger partial charge in [0.25, 0.3) is 11.4 Å². The van der Waals surface area contributed by atoms with Crippen molar-refractivity contribution < 1.29 is 48.0 Å². The molecular weight excluding hydrogens is 496 g/mol. The van der Waals surface area contributed by atoms with E-state index in [0.717, 1.165) is 30.4 Å². The number of esters is 4. The Bertz CT molecular complexity index is 1110.